The average molecular weight is 213 g/mol. The van der Waals surface area contributed by atoms with Crippen LogP contribution in [0.25, 0.3) is 0 Å². The van der Waals surface area contributed by atoms with Crippen LogP contribution in [0.3, 0.4) is 0 Å². The van der Waals surface area contributed by atoms with E-state index in [1.54, 1.807) is 6.20 Å². The quantitative estimate of drug-likeness (QED) is 0.799. The van der Waals surface area contributed by atoms with Crippen molar-refractivity contribution < 1.29 is 4.79 Å². The summed E-state index contributed by atoms with van der Waals surface area (Å²) >= 11 is 1.41. The molecule has 5 heteroatoms. The predicted octanol–water partition coefficient (Wildman–Crippen LogP) is 1.47. The highest BCUT2D eigenvalue weighted by Gasteiger charge is 2.11. The highest BCUT2D eigenvalue weighted by Crippen LogP contribution is 2.09. The molecular formula is C9H15N3OS. The molecule has 0 aliphatic rings. The van der Waals surface area contributed by atoms with E-state index in [1.807, 2.05) is 26.2 Å². The Hall–Kier alpha value is -0.940. The zero-order valence-electron chi connectivity index (χ0n) is 8.63. The number of carbonyl (C=O) groups is 1. The maximum absolute atomic E-state index is 11.4. The molecule has 0 bridgehead atoms. The van der Waals surface area contributed by atoms with Gasteiger partial charge in [0.15, 0.2) is 5.13 Å². The van der Waals surface area contributed by atoms with Crippen LogP contribution in [0.15, 0.2) is 11.6 Å². The molecule has 78 valence electrons. The van der Waals surface area contributed by atoms with Crippen LogP contribution in [0.2, 0.25) is 0 Å². The third kappa shape index (κ3) is 4.34. The molecule has 0 radical (unpaired) electrons. The summed E-state index contributed by atoms with van der Waals surface area (Å²) < 4.78 is 0. The Balaban J connectivity index is 2.30. The van der Waals surface area contributed by atoms with Crippen LogP contribution in [0.1, 0.15) is 20.8 Å². The van der Waals surface area contributed by atoms with Gasteiger partial charge in [-0.15, -0.1) is 11.3 Å². The van der Waals surface area contributed by atoms with E-state index in [1.165, 1.54) is 11.3 Å². The number of anilines is 1. The van der Waals surface area contributed by atoms with E-state index in [9.17, 15) is 4.79 Å². The maximum Gasteiger partial charge on any atom is 0.240 e. The molecule has 4 nitrogen and oxygen atoms in total. The number of hydrogen-bond donors (Lipinski definition) is 2. The Labute approximate surface area is 87.7 Å². The fraction of sp³-hybridized carbons (Fsp3) is 0.556. The van der Waals surface area contributed by atoms with Gasteiger partial charge in [-0.25, -0.2) is 4.98 Å². The Bertz CT molecular complexity index is 290. The predicted molar refractivity (Wildman–Crippen MR) is 58.5 cm³/mol. The van der Waals surface area contributed by atoms with Crippen LogP contribution in [0.4, 0.5) is 5.13 Å². The van der Waals surface area contributed by atoms with Gasteiger partial charge in [-0.2, -0.15) is 0 Å². The lowest BCUT2D eigenvalue weighted by Gasteiger charge is -2.19. The van der Waals surface area contributed by atoms with E-state index in [4.69, 9.17) is 0 Å². The Morgan fingerprint density at radius 2 is 2.29 bits per heavy atom. The Morgan fingerprint density at radius 1 is 1.57 bits per heavy atom. The van der Waals surface area contributed by atoms with Crippen molar-refractivity contribution in [2.24, 2.45) is 0 Å². The molecule has 0 saturated carbocycles. The summed E-state index contributed by atoms with van der Waals surface area (Å²) in [5.74, 6) is -0.0603. The van der Waals surface area contributed by atoms with Crippen molar-refractivity contribution >= 4 is 22.4 Å². The van der Waals surface area contributed by atoms with Gasteiger partial charge >= 0.3 is 0 Å². The van der Waals surface area contributed by atoms with E-state index < -0.39 is 0 Å². The van der Waals surface area contributed by atoms with Crippen LogP contribution < -0.4 is 10.6 Å². The maximum atomic E-state index is 11.4. The van der Waals surface area contributed by atoms with Crippen molar-refractivity contribution in [1.29, 1.82) is 0 Å². The van der Waals surface area contributed by atoms with Gasteiger partial charge in [0.1, 0.15) is 0 Å². The van der Waals surface area contributed by atoms with Crippen LogP contribution in [0, 0.1) is 0 Å². The summed E-state index contributed by atoms with van der Waals surface area (Å²) in [5, 5.41) is 8.27. The summed E-state index contributed by atoms with van der Waals surface area (Å²) in [4.78, 5) is 15.3. The third-order valence-corrected chi connectivity index (χ3v) is 2.15. The minimum Gasteiger partial charge on any atom is -0.304 e. The zero-order chi connectivity index (χ0) is 10.6. The lowest BCUT2D eigenvalue weighted by atomic mass is 10.1. The first kappa shape index (κ1) is 11.1. The molecule has 1 aromatic heterocycles. The number of hydrogen-bond acceptors (Lipinski definition) is 4. The van der Waals surface area contributed by atoms with Crippen molar-refractivity contribution in [3.05, 3.63) is 11.6 Å². The minimum atomic E-state index is -0.0603. The molecular weight excluding hydrogens is 198 g/mol. The number of rotatable bonds is 3. The first-order chi connectivity index (χ1) is 6.47. The molecule has 0 atom stereocenters. The van der Waals surface area contributed by atoms with Crippen LogP contribution >= 0.6 is 11.3 Å². The number of nitrogens with one attached hydrogen (secondary N) is 2. The number of thiazole rings is 1. The molecule has 2 N–H and O–H groups in total. The summed E-state index contributed by atoms with van der Waals surface area (Å²) in [6.45, 7) is 6.36. The largest absolute Gasteiger partial charge is 0.304 e. The first-order valence-corrected chi connectivity index (χ1v) is 5.30. The van der Waals surface area contributed by atoms with Gasteiger partial charge in [-0.05, 0) is 20.8 Å². The SMILES string of the molecule is CC(C)(C)NCC(=O)Nc1nccs1. The monoisotopic (exact) mass is 213 g/mol. The summed E-state index contributed by atoms with van der Waals surface area (Å²) in [6, 6.07) is 0. The lowest BCUT2D eigenvalue weighted by molar-refractivity contribution is -0.115. The van der Waals surface area contributed by atoms with Gasteiger partial charge in [-0.3, -0.25) is 4.79 Å². The van der Waals surface area contributed by atoms with E-state index in [0.29, 0.717) is 11.7 Å². The van der Waals surface area contributed by atoms with E-state index in [2.05, 4.69) is 15.6 Å². The second-order valence-corrected chi connectivity index (χ2v) is 4.88. The Kier molecular flexibility index (Phi) is 3.60. The molecule has 0 spiro atoms. The fourth-order valence-electron chi connectivity index (χ4n) is 0.794. The lowest BCUT2D eigenvalue weighted by Crippen LogP contribution is -2.41. The number of nitrogens with zero attached hydrogens (tertiary/aromatic N) is 1. The highest BCUT2D eigenvalue weighted by atomic mass is 32.1. The van der Waals surface area contributed by atoms with Gasteiger partial charge in [0.05, 0.1) is 6.54 Å². The van der Waals surface area contributed by atoms with Crippen LogP contribution in [-0.2, 0) is 4.79 Å². The van der Waals surface area contributed by atoms with Gasteiger partial charge in [0.25, 0.3) is 0 Å². The summed E-state index contributed by atoms with van der Waals surface area (Å²) in [7, 11) is 0. The number of amides is 1. The molecule has 1 aromatic rings. The van der Waals surface area contributed by atoms with E-state index >= 15 is 0 Å². The van der Waals surface area contributed by atoms with Gasteiger partial charge in [0, 0.05) is 17.1 Å². The molecule has 0 aliphatic carbocycles. The topological polar surface area (TPSA) is 54.0 Å². The second-order valence-electron chi connectivity index (χ2n) is 3.99. The first-order valence-electron chi connectivity index (χ1n) is 4.42. The van der Waals surface area contributed by atoms with E-state index in [0.717, 1.165) is 0 Å². The molecule has 0 aliphatic heterocycles. The molecule has 1 rings (SSSR count). The average Bonchev–Trinajstić information content (AvgIpc) is 2.52. The van der Waals surface area contributed by atoms with Gasteiger partial charge < -0.3 is 10.6 Å². The van der Waals surface area contributed by atoms with Crippen molar-refractivity contribution in [3.63, 3.8) is 0 Å². The standard InChI is InChI=1S/C9H15N3OS/c1-9(2,3)11-6-7(13)12-8-10-4-5-14-8/h4-5,11H,6H2,1-3H3,(H,10,12,13). The number of carbonyl (C=O) groups excluding carboxylic acids is 1. The van der Waals surface area contributed by atoms with Crippen LogP contribution in [0.5, 0.6) is 0 Å². The fourth-order valence-corrected chi connectivity index (χ4v) is 1.34. The third-order valence-electron chi connectivity index (χ3n) is 1.46. The van der Waals surface area contributed by atoms with Gasteiger partial charge in [0.2, 0.25) is 5.91 Å². The molecule has 0 saturated heterocycles. The number of aromatic nitrogens is 1. The second kappa shape index (κ2) is 4.52. The molecule has 1 amide bonds. The smallest absolute Gasteiger partial charge is 0.240 e. The molecule has 14 heavy (non-hydrogen) atoms. The van der Waals surface area contributed by atoms with Crippen molar-refractivity contribution in [3.8, 4) is 0 Å². The normalized spacial score (nSPS) is 11.4. The van der Waals surface area contributed by atoms with Crippen molar-refractivity contribution in [2.45, 2.75) is 26.3 Å². The molecule has 0 unspecified atom stereocenters. The summed E-state index contributed by atoms with van der Waals surface area (Å²) in [6.07, 6.45) is 1.66. The highest BCUT2D eigenvalue weighted by molar-refractivity contribution is 7.13. The zero-order valence-corrected chi connectivity index (χ0v) is 9.44. The van der Waals surface area contributed by atoms with Crippen molar-refractivity contribution in [2.75, 3.05) is 11.9 Å². The molecule has 0 aromatic carbocycles. The van der Waals surface area contributed by atoms with Crippen LogP contribution in [-0.4, -0.2) is 23.0 Å². The van der Waals surface area contributed by atoms with E-state index in [-0.39, 0.29) is 11.4 Å². The molecule has 0 fully saturated rings. The van der Waals surface area contributed by atoms with Gasteiger partial charge in [-0.1, -0.05) is 0 Å². The Morgan fingerprint density at radius 3 is 2.79 bits per heavy atom. The minimum absolute atomic E-state index is 0.0415. The molecule has 1 heterocycles. The van der Waals surface area contributed by atoms with Crippen molar-refractivity contribution in [1.82, 2.24) is 10.3 Å². The summed E-state index contributed by atoms with van der Waals surface area (Å²) in [5.41, 5.74) is -0.0415.